The van der Waals surface area contributed by atoms with Gasteiger partial charge < -0.3 is 9.72 Å². The van der Waals surface area contributed by atoms with E-state index in [9.17, 15) is 4.79 Å². The molecule has 0 radical (unpaired) electrons. The molecule has 0 saturated heterocycles. The van der Waals surface area contributed by atoms with Gasteiger partial charge in [-0.25, -0.2) is 0 Å². The minimum Gasteiger partial charge on any atom is -0.426 e. The summed E-state index contributed by atoms with van der Waals surface area (Å²) < 4.78 is 5.37. The van der Waals surface area contributed by atoms with Crippen LogP contribution in [0.15, 0.2) is 24.4 Å². The van der Waals surface area contributed by atoms with Gasteiger partial charge in [0, 0.05) is 48.2 Å². The first-order chi connectivity index (χ1) is 11.4. The molecule has 0 aliphatic rings. The zero-order valence-electron chi connectivity index (χ0n) is 15.6. The Bertz CT molecular complexity index is 665. The Kier molecular flexibility index (Phi) is 6.44. The van der Waals surface area contributed by atoms with Gasteiger partial charge in [0.1, 0.15) is 5.75 Å². The third-order valence-electron chi connectivity index (χ3n) is 4.39. The van der Waals surface area contributed by atoms with Crippen LogP contribution in [0.5, 0.6) is 5.75 Å². The molecule has 0 saturated carbocycles. The van der Waals surface area contributed by atoms with E-state index in [0.717, 1.165) is 24.9 Å². The van der Waals surface area contributed by atoms with Crippen molar-refractivity contribution in [1.82, 2.24) is 9.88 Å². The predicted octanol–water partition coefficient (Wildman–Crippen LogP) is 4.53. The number of nitrogens with zero attached hydrogens (tertiary/aromatic N) is 1. The minimum atomic E-state index is -0.173. The van der Waals surface area contributed by atoms with E-state index in [1.54, 1.807) is 0 Å². The maximum Gasteiger partial charge on any atom is 0.311 e. The molecule has 24 heavy (non-hydrogen) atoms. The van der Waals surface area contributed by atoms with Crippen molar-refractivity contribution in [3.05, 3.63) is 30.0 Å². The van der Waals surface area contributed by atoms with E-state index in [4.69, 9.17) is 4.74 Å². The van der Waals surface area contributed by atoms with Crippen LogP contribution in [0.1, 0.15) is 53.0 Å². The maximum absolute atomic E-state index is 11.6. The molecule has 0 fully saturated rings. The highest BCUT2D eigenvalue weighted by Crippen LogP contribution is 2.24. The van der Waals surface area contributed by atoms with Gasteiger partial charge in [0.05, 0.1) is 0 Å². The fourth-order valence-electron chi connectivity index (χ4n) is 3.18. The molecule has 0 bridgehead atoms. The van der Waals surface area contributed by atoms with Gasteiger partial charge in [-0.15, -0.1) is 0 Å². The normalized spacial score (nSPS) is 11.8. The molecule has 4 heteroatoms. The number of ether oxygens (including phenoxy) is 1. The number of hydrogen-bond acceptors (Lipinski definition) is 3. The smallest absolute Gasteiger partial charge is 0.311 e. The summed E-state index contributed by atoms with van der Waals surface area (Å²) in [6.45, 7) is 12.0. The minimum absolute atomic E-state index is 0.173. The van der Waals surface area contributed by atoms with Crippen molar-refractivity contribution in [3.8, 4) is 5.75 Å². The molecule has 4 nitrogen and oxygen atoms in total. The summed E-state index contributed by atoms with van der Waals surface area (Å²) in [5.41, 5.74) is 2.33. The van der Waals surface area contributed by atoms with Gasteiger partial charge in [-0.1, -0.05) is 6.92 Å². The second kappa shape index (κ2) is 8.34. The van der Waals surface area contributed by atoms with Crippen molar-refractivity contribution < 1.29 is 9.53 Å². The van der Waals surface area contributed by atoms with Crippen LogP contribution in [-0.4, -0.2) is 34.5 Å². The molecule has 132 valence electrons. The van der Waals surface area contributed by atoms with Crippen LogP contribution >= 0.6 is 0 Å². The standard InChI is InChI=1S/C20H30N2O2/c1-6-7-20(23)24-17-8-9-18-16(13-21-19(18)12-17)10-11-22(14(2)3)15(4)5/h8-9,12-15,21H,6-7,10-11H2,1-5H3. The Hall–Kier alpha value is -1.81. The lowest BCUT2D eigenvalue weighted by Crippen LogP contribution is -2.38. The van der Waals surface area contributed by atoms with Crippen LogP contribution in [0, 0.1) is 0 Å². The number of esters is 1. The summed E-state index contributed by atoms with van der Waals surface area (Å²) in [6, 6.07) is 6.93. The molecule has 1 aromatic carbocycles. The monoisotopic (exact) mass is 330 g/mol. The fraction of sp³-hybridized carbons (Fsp3) is 0.550. The highest BCUT2D eigenvalue weighted by Gasteiger charge is 2.14. The highest BCUT2D eigenvalue weighted by molar-refractivity contribution is 5.85. The van der Waals surface area contributed by atoms with Gasteiger partial charge in [0.15, 0.2) is 0 Å². The van der Waals surface area contributed by atoms with E-state index in [1.165, 1.54) is 10.9 Å². The van der Waals surface area contributed by atoms with Crippen LogP contribution in [0.3, 0.4) is 0 Å². The first kappa shape index (κ1) is 18.5. The number of carbonyl (C=O) groups is 1. The Balaban J connectivity index is 2.09. The van der Waals surface area contributed by atoms with Gasteiger partial charge in [0.25, 0.3) is 0 Å². The van der Waals surface area contributed by atoms with E-state index < -0.39 is 0 Å². The number of H-pyrrole nitrogens is 1. The Labute approximate surface area is 145 Å². The van der Waals surface area contributed by atoms with Gasteiger partial charge >= 0.3 is 5.97 Å². The molecule has 0 amide bonds. The quantitative estimate of drug-likeness (QED) is 0.571. The summed E-state index contributed by atoms with van der Waals surface area (Å²) in [7, 11) is 0. The van der Waals surface area contributed by atoms with Crippen LogP contribution in [0.2, 0.25) is 0 Å². The van der Waals surface area contributed by atoms with Gasteiger partial charge in [-0.3, -0.25) is 9.69 Å². The van der Waals surface area contributed by atoms with E-state index in [2.05, 4.69) is 43.8 Å². The molecule has 0 aliphatic heterocycles. The average molecular weight is 330 g/mol. The number of fused-ring (bicyclic) bond motifs is 1. The molecule has 2 rings (SSSR count). The lowest BCUT2D eigenvalue weighted by atomic mass is 10.1. The van der Waals surface area contributed by atoms with E-state index >= 15 is 0 Å². The molecule has 2 aromatic rings. The van der Waals surface area contributed by atoms with Crippen molar-refractivity contribution in [1.29, 1.82) is 0 Å². The summed E-state index contributed by atoms with van der Waals surface area (Å²) in [6.07, 6.45) is 4.33. The fourth-order valence-corrected chi connectivity index (χ4v) is 3.18. The third kappa shape index (κ3) is 4.60. The van der Waals surface area contributed by atoms with Crippen molar-refractivity contribution in [2.24, 2.45) is 0 Å². The predicted molar refractivity (Wildman–Crippen MR) is 99.5 cm³/mol. The summed E-state index contributed by atoms with van der Waals surface area (Å²) in [4.78, 5) is 17.4. The summed E-state index contributed by atoms with van der Waals surface area (Å²) >= 11 is 0. The Morgan fingerprint density at radius 3 is 2.54 bits per heavy atom. The maximum atomic E-state index is 11.6. The molecule has 0 atom stereocenters. The molecular weight excluding hydrogens is 300 g/mol. The van der Waals surface area contributed by atoms with Crippen molar-refractivity contribution in [3.63, 3.8) is 0 Å². The van der Waals surface area contributed by atoms with Crippen molar-refractivity contribution >= 4 is 16.9 Å². The second-order valence-corrected chi connectivity index (χ2v) is 6.92. The summed E-state index contributed by atoms with van der Waals surface area (Å²) in [5.74, 6) is 0.438. The van der Waals surface area contributed by atoms with Crippen molar-refractivity contribution in [2.45, 2.75) is 66.0 Å². The van der Waals surface area contributed by atoms with E-state index in [0.29, 0.717) is 24.3 Å². The topological polar surface area (TPSA) is 45.3 Å². The largest absolute Gasteiger partial charge is 0.426 e. The number of carbonyl (C=O) groups excluding carboxylic acids is 1. The summed E-state index contributed by atoms with van der Waals surface area (Å²) in [5, 5.41) is 1.21. The molecule has 0 spiro atoms. The molecular formula is C20H30N2O2. The molecule has 0 aliphatic carbocycles. The van der Waals surface area contributed by atoms with E-state index in [1.807, 2.05) is 25.1 Å². The average Bonchev–Trinajstić information content (AvgIpc) is 2.89. The number of aromatic nitrogens is 1. The first-order valence-corrected chi connectivity index (χ1v) is 8.98. The number of benzene rings is 1. The third-order valence-corrected chi connectivity index (χ3v) is 4.39. The number of rotatable bonds is 8. The van der Waals surface area contributed by atoms with Crippen LogP contribution in [0.4, 0.5) is 0 Å². The zero-order valence-corrected chi connectivity index (χ0v) is 15.6. The van der Waals surface area contributed by atoms with Gasteiger partial charge in [-0.05, 0) is 58.2 Å². The highest BCUT2D eigenvalue weighted by atomic mass is 16.5. The zero-order chi connectivity index (χ0) is 17.7. The Morgan fingerprint density at radius 2 is 1.92 bits per heavy atom. The number of hydrogen-bond donors (Lipinski definition) is 1. The number of aromatic amines is 1. The molecule has 0 unspecified atom stereocenters. The van der Waals surface area contributed by atoms with Crippen LogP contribution in [0.25, 0.3) is 10.9 Å². The number of nitrogens with one attached hydrogen (secondary N) is 1. The second-order valence-electron chi connectivity index (χ2n) is 6.92. The van der Waals surface area contributed by atoms with Crippen LogP contribution < -0.4 is 4.74 Å². The SMILES string of the molecule is CCCC(=O)Oc1ccc2c(CCN(C(C)C)C(C)C)c[nH]c2c1. The molecule has 1 heterocycles. The van der Waals surface area contributed by atoms with Crippen LogP contribution in [-0.2, 0) is 11.2 Å². The Morgan fingerprint density at radius 1 is 1.21 bits per heavy atom. The van der Waals surface area contributed by atoms with Gasteiger partial charge in [0.2, 0.25) is 0 Å². The molecule has 1 N–H and O–H groups in total. The van der Waals surface area contributed by atoms with Crippen molar-refractivity contribution in [2.75, 3.05) is 6.54 Å². The first-order valence-electron chi connectivity index (χ1n) is 8.98. The van der Waals surface area contributed by atoms with E-state index in [-0.39, 0.29) is 5.97 Å². The molecule has 1 aromatic heterocycles. The lowest BCUT2D eigenvalue weighted by Gasteiger charge is -2.30. The lowest BCUT2D eigenvalue weighted by molar-refractivity contribution is -0.134. The van der Waals surface area contributed by atoms with Gasteiger partial charge in [-0.2, -0.15) is 0 Å².